The first-order chi connectivity index (χ1) is 6.77. The van der Waals surface area contributed by atoms with E-state index in [1.165, 1.54) is 25.7 Å². The first-order valence-electron chi connectivity index (χ1n) is 6.07. The summed E-state index contributed by atoms with van der Waals surface area (Å²) in [5.74, 6) is 0.940. The summed E-state index contributed by atoms with van der Waals surface area (Å²) in [4.78, 5) is 0. The molecule has 1 aliphatic carbocycles. The van der Waals surface area contributed by atoms with E-state index in [0.717, 1.165) is 26.1 Å². The molecule has 0 aromatic rings. The highest BCUT2D eigenvalue weighted by Crippen LogP contribution is 2.42. The second kappa shape index (κ2) is 4.19. The normalized spacial score (nSPS) is 33.4. The molecule has 1 heterocycles. The predicted octanol–water partition coefficient (Wildman–Crippen LogP) is 2.35. The van der Waals surface area contributed by atoms with Gasteiger partial charge in [-0.05, 0) is 31.6 Å². The second-order valence-corrected chi connectivity index (χ2v) is 4.89. The van der Waals surface area contributed by atoms with Crippen LogP contribution in [0.1, 0.15) is 45.4 Å². The lowest BCUT2D eigenvalue weighted by Crippen LogP contribution is -2.44. The Balaban J connectivity index is 2.06. The highest BCUT2D eigenvalue weighted by Gasteiger charge is 2.44. The molecule has 1 aliphatic heterocycles. The first-order valence-corrected chi connectivity index (χ1v) is 6.07. The van der Waals surface area contributed by atoms with Gasteiger partial charge in [0.15, 0.2) is 0 Å². The van der Waals surface area contributed by atoms with E-state index in [4.69, 9.17) is 4.74 Å². The molecule has 0 amide bonds. The molecule has 82 valence electrons. The third kappa shape index (κ3) is 1.70. The van der Waals surface area contributed by atoms with Crippen molar-refractivity contribution in [2.24, 2.45) is 11.8 Å². The fourth-order valence-corrected chi connectivity index (χ4v) is 3.27. The smallest absolute Gasteiger partial charge is 0.0724 e. The highest BCUT2D eigenvalue weighted by atomic mass is 16.5. The zero-order valence-corrected chi connectivity index (χ0v) is 9.17. The highest BCUT2D eigenvalue weighted by molar-refractivity contribution is 4.94. The fraction of sp³-hybridized carbons (Fsp3) is 1.00. The summed E-state index contributed by atoms with van der Waals surface area (Å²) in [6, 6.07) is 0. The molecular formula is C12H22O2. The van der Waals surface area contributed by atoms with E-state index in [1.54, 1.807) is 0 Å². The zero-order chi connectivity index (χ0) is 10.0. The van der Waals surface area contributed by atoms with E-state index in [9.17, 15) is 5.11 Å². The molecule has 2 unspecified atom stereocenters. The van der Waals surface area contributed by atoms with Crippen molar-refractivity contribution in [3.8, 4) is 0 Å². The molecule has 2 aliphatic rings. The number of ether oxygens (including phenoxy) is 1. The average Bonchev–Trinajstić information content (AvgIpc) is 2.88. The Bertz CT molecular complexity index is 163. The van der Waals surface area contributed by atoms with Gasteiger partial charge in [0, 0.05) is 12.5 Å². The van der Waals surface area contributed by atoms with Gasteiger partial charge >= 0.3 is 0 Å². The Morgan fingerprint density at radius 1 is 1.21 bits per heavy atom. The van der Waals surface area contributed by atoms with Gasteiger partial charge in [-0.2, -0.15) is 0 Å². The van der Waals surface area contributed by atoms with Crippen molar-refractivity contribution in [1.82, 2.24) is 0 Å². The molecule has 1 saturated carbocycles. The van der Waals surface area contributed by atoms with E-state index in [0.29, 0.717) is 11.8 Å². The summed E-state index contributed by atoms with van der Waals surface area (Å²) in [5.41, 5.74) is -0.424. The molecule has 2 nitrogen and oxygen atoms in total. The lowest BCUT2D eigenvalue weighted by Gasteiger charge is -2.38. The maximum Gasteiger partial charge on any atom is 0.0724 e. The van der Waals surface area contributed by atoms with E-state index < -0.39 is 5.60 Å². The minimum Gasteiger partial charge on any atom is -0.389 e. The zero-order valence-electron chi connectivity index (χ0n) is 9.17. The van der Waals surface area contributed by atoms with Crippen LogP contribution in [0.15, 0.2) is 0 Å². The number of rotatable bonds is 3. The predicted molar refractivity (Wildman–Crippen MR) is 56.1 cm³/mol. The van der Waals surface area contributed by atoms with Crippen molar-refractivity contribution in [1.29, 1.82) is 0 Å². The van der Waals surface area contributed by atoms with Gasteiger partial charge in [0.25, 0.3) is 0 Å². The van der Waals surface area contributed by atoms with Gasteiger partial charge in [0.2, 0.25) is 0 Å². The molecule has 1 saturated heterocycles. The third-order valence-corrected chi connectivity index (χ3v) is 4.27. The minimum atomic E-state index is -0.424. The lowest BCUT2D eigenvalue weighted by atomic mass is 9.74. The van der Waals surface area contributed by atoms with Crippen LogP contribution in [0, 0.1) is 11.8 Å². The van der Waals surface area contributed by atoms with E-state index in [2.05, 4.69) is 6.92 Å². The molecule has 14 heavy (non-hydrogen) atoms. The van der Waals surface area contributed by atoms with Gasteiger partial charge in [-0.1, -0.05) is 19.8 Å². The van der Waals surface area contributed by atoms with Gasteiger partial charge in [-0.25, -0.2) is 0 Å². The summed E-state index contributed by atoms with van der Waals surface area (Å²) in [6.45, 7) is 3.75. The molecule has 0 spiro atoms. The molecule has 2 atom stereocenters. The van der Waals surface area contributed by atoms with Gasteiger partial charge < -0.3 is 9.84 Å². The van der Waals surface area contributed by atoms with E-state index in [-0.39, 0.29) is 0 Å². The number of aliphatic hydroxyl groups is 1. The summed E-state index contributed by atoms with van der Waals surface area (Å²) in [5, 5.41) is 10.7. The van der Waals surface area contributed by atoms with Crippen LogP contribution >= 0.6 is 0 Å². The molecule has 0 radical (unpaired) electrons. The van der Waals surface area contributed by atoms with Crippen LogP contribution in [0.25, 0.3) is 0 Å². The summed E-state index contributed by atoms with van der Waals surface area (Å²) >= 11 is 0. The van der Waals surface area contributed by atoms with E-state index >= 15 is 0 Å². The average molecular weight is 198 g/mol. The Kier molecular flexibility index (Phi) is 3.13. The third-order valence-electron chi connectivity index (χ3n) is 4.27. The van der Waals surface area contributed by atoms with Crippen molar-refractivity contribution in [3.05, 3.63) is 0 Å². The van der Waals surface area contributed by atoms with Crippen LogP contribution < -0.4 is 0 Å². The van der Waals surface area contributed by atoms with Crippen LogP contribution in [0.4, 0.5) is 0 Å². The molecule has 2 fully saturated rings. The first kappa shape index (κ1) is 10.4. The minimum absolute atomic E-state index is 0.399. The summed E-state index contributed by atoms with van der Waals surface area (Å²) in [6.07, 6.45) is 7.01. The molecule has 1 N–H and O–H groups in total. The van der Waals surface area contributed by atoms with Crippen molar-refractivity contribution in [2.45, 2.75) is 51.0 Å². The van der Waals surface area contributed by atoms with Gasteiger partial charge in [0.05, 0.1) is 12.2 Å². The fourth-order valence-electron chi connectivity index (χ4n) is 3.27. The molecule has 2 heteroatoms. The van der Waals surface area contributed by atoms with E-state index in [1.807, 2.05) is 0 Å². The van der Waals surface area contributed by atoms with Gasteiger partial charge in [-0.15, -0.1) is 0 Å². The van der Waals surface area contributed by atoms with Crippen molar-refractivity contribution in [2.75, 3.05) is 13.2 Å². The van der Waals surface area contributed by atoms with Crippen molar-refractivity contribution in [3.63, 3.8) is 0 Å². The topological polar surface area (TPSA) is 29.5 Å². The maximum absolute atomic E-state index is 10.7. The molecular weight excluding hydrogens is 176 g/mol. The Labute approximate surface area is 86.6 Å². The quantitative estimate of drug-likeness (QED) is 0.754. The van der Waals surface area contributed by atoms with Crippen molar-refractivity contribution < 1.29 is 9.84 Å². The SMILES string of the molecule is CCC(O)(C1CCCC1)C1CCOC1. The Hall–Kier alpha value is -0.0800. The summed E-state index contributed by atoms with van der Waals surface area (Å²) in [7, 11) is 0. The molecule has 0 aromatic carbocycles. The maximum atomic E-state index is 10.7. The van der Waals surface area contributed by atoms with Gasteiger partial charge in [-0.3, -0.25) is 0 Å². The second-order valence-electron chi connectivity index (χ2n) is 4.89. The van der Waals surface area contributed by atoms with Crippen LogP contribution in [0.2, 0.25) is 0 Å². The number of hydrogen-bond donors (Lipinski definition) is 1. The largest absolute Gasteiger partial charge is 0.389 e. The van der Waals surface area contributed by atoms with Crippen molar-refractivity contribution >= 4 is 0 Å². The van der Waals surface area contributed by atoms with Crippen LogP contribution in [0.3, 0.4) is 0 Å². The summed E-state index contributed by atoms with van der Waals surface area (Å²) < 4.78 is 5.40. The van der Waals surface area contributed by atoms with Crippen LogP contribution in [-0.2, 0) is 4.74 Å². The van der Waals surface area contributed by atoms with Crippen LogP contribution in [-0.4, -0.2) is 23.9 Å². The Morgan fingerprint density at radius 2 is 1.93 bits per heavy atom. The monoisotopic (exact) mass is 198 g/mol. The standard InChI is InChI=1S/C12H22O2/c1-2-12(13,10-5-3-4-6-10)11-7-8-14-9-11/h10-11,13H,2-9H2,1H3. The molecule has 0 aromatic heterocycles. The molecule has 2 rings (SSSR count). The van der Waals surface area contributed by atoms with Crippen LogP contribution in [0.5, 0.6) is 0 Å². The molecule has 0 bridgehead atoms. The number of hydrogen-bond acceptors (Lipinski definition) is 2. The lowest BCUT2D eigenvalue weighted by molar-refractivity contribution is -0.0724. The Morgan fingerprint density at radius 3 is 2.43 bits per heavy atom. The van der Waals surface area contributed by atoms with Gasteiger partial charge in [0.1, 0.15) is 0 Å².